The van der Waals surface area contributed by atoms with E-state index in [1.54, 1.807) is 11.8 Å². The van der Waals surface area contributed by atoms with E-state index in [1.807, 2.05) is 31.2 Å². The molecule has 2 aliphatic rings. The van der Waals surface area contributed by atoms with E-state index in [4.69, 9.17) is 4.74 Å². The minimum absolute atomic E-state index is 0.122. The van der Waals surface area contributed by atoms with Gasteiger partial charge in [0.2, 0.25) is 5.78 Å². The van der Waals surface area contributed by atoms with Gasteiger partial charge in [0.25, 0.3) is 5.91 Å². The molecule has 0 saturated carbocycles. The van der Waals surface area contributed by atoms with Crippen LogP contribution in [0.5, 0.6) is 0 Å². The van der Waals surface area contributed by atoms with Crippen molar-refractivity contribution in [3.63, 3.8) is 0 Å². The lowest BCUT2D eigenvalue weighted by atomic mass is 9.95. The largest absolute Gasteiger partial charge is 0.503 e. The summed E-state index contributed by atoms with van der Waals surface area (Å²) in [6.07, 6.45) is 0. The van der Waals surface area contributed by atoms with Crippen molar-refractivity contribution >= 4 is 39.0 Å². The first-order chi connectivity index (χ1) is 14.9. The van der Waals surface area contributed by atoms with Gasteiger partial charge in [0.1, 0.15) is 0 Å². The first kappa shape index (κ1) is 22.1. The molecule has 0 bridgehead atoms. The molecule has 2 aromatic rings. The number of aliphatic hydroxyl groups excluding tert-OH is 1. The van der Waals surface area contributed by atoms with Gasteiger partial charge in [0.05, 0.1) is 40.4 Å². The van der Waals surface area contributed by atoms with Crippen molar-refractivity contribution in [3.05, 3.63) is 61.2 Å². The first-order valence-corrected chi connectivity index (χ1v) is 11.8. The standard InChI is InChI=1S/C22H24BrN3O4S/c1-13-21(31-14(2)24-13)19(27)17-18(15-4-3-5-16(23)12-15)26(22(29)20(17)28)7-6-25-8-10-30-11-9-25/h3-5,12,18,28H,6-11H2,1-2H3/t18-/m1/s1. The molecule has 164 valence electrons. The van der Waals surface area contributed by atoms with Gasteiger partial charge in [-0.1, -0.05) is 28.1 Å². The molecule has 9 heteroatoms. The number of amides is 1. The average Bonchev–Trinajstić information content (AvgIpc) is 3.22. The summed E-state index contributed by atoms with van der Waals surface area (Å²) in [5.74, 6) is -1.32. The zero-order valence-corrected chi connectivity index (χ0v) is 19.8. The predicted molar refractivity (Wildman–Crippen MR) is 121 cm³/mol. The first-order valence-electron chi connectivity index (χ1n) is 10.1. The molecular formula is C22H24BrN3O4S. The van der Waals surface area contributed by atoms with E-state index in [9.17, 15) is 14.7 Å². The number of ether oxygens (including phenoxy) is 1. The molecule has 0 radical (unpaired) electrons. The molecule has 31 heavy (non-hydrogen) atoms. The molecule has 1 amide bonds. The predicted octanol–water partition coefficient (Wildman–Crippen LogP) is 3.43. The summed E-state index contributed by atoms with van der Waals surface area (Å²) in [6, 6.07) is 6.86. The van der Waals surface area contributed by atoms with Crippen LogP contribution in [0.15, 0.2) is 40.1 Å². The van der Waals surface area contributed by atoms with Gasteiger partial charge in [-0.25, -0.2) is 4.98 Å². The lowest BCUT2D eigenvalue weighted by Gasteiger charge is -2.31. The third-order valence-electron chi connectivity index (χ3n) is 5.58. The Morgan fingerprint density at radius 3 is 2.68 bits per heavy atom. The number of hydrogen-bond donors (Lipinski definition) is 1. The number of nitrogens with zero attached hydrogens (tertiary/aromatic N) is 3. The second-order valence-electron chi connectivity index (χ2n) is 7.65. The van der Waals surface area contributed by atoms with Crippen molar-refractivity contribution in [1.82, 2.24) is 14.8 Å². The van der Waals surface area contributed by atoms with Crippen LogP contribution in [0.25, 0.3) is 0 Å². The highest BCUT2D eigenvalue weighted by atomic mass is 79.9. The van der Waals surface area contributed by atoms with Gasteiger partial charge in [-0.3, -0.25) is 14.5 Å². The van der Waals surface area contributed by atoms with Gasteiger partial charge < -0.3 is 14.7 Å². The minimum Gasteiger partial charge on any atom is -0.503 e. The smallest absolute Gasteiger partial charge is 0.290 e. The molecule has 0 spiro atoms. The quantitative estimate of drug-likeness (QED) is 0.605. The number of rotatable bonds is 6. The molecule has 1 fully saturated rings. The van der Waals surface area contributed by atoms with Crippen LogP contribution >= 0.6 is 27.3 Å². The molecule has 7 nitrogen and oxygen atoms in total. The van der Waals surface area contributed by atoms with E-state index in [0.717, 1.165) is 28.1 Å². The summed E-state index contributed by atoms with van der Waals surface area (Å²) in [5.41, 5.74) is 1.51. The highest BCUT2D eigenvalue weighted by Gasteiger charge is 2.44. The van der Waals surface area contributed by atoms with Gasteiger partial charge in [0.15, 0.2) is 5.76 Å². The summed E-state index contributed by atoms with van der Waals surface area (Å²) >= 11 is 4.76. The molecule has 1 aromatic heterocycles. The lowest BCUT2D eigenvalue weighted by molar-refractivity contribution is -0.129. The SMILES string of the molecule is Cc1nc(C)c(C(=O)C2=C(O)C(=O)N(CCN3CCOCC3)[C@@H]2c2cccc(Br)c2)s1. The maximum absolute atomic E-state index is 13.5. The summed E-state index contributed by atoms with van der Waals surface area (Å²) in [4.78, 5) is 35.2. The van der Waals surface area contributed by atoms with Crippen LogP contribution < -0.4 is 0 Å². The van der Waals surface area contributed by atoms with Gasteiger partial charge in [-0.15, -0.1) is 11.3 Å². The summed E-state index contributed by atoms with van der Waals surface area (Å²) in [7, 11) is 0. The Morgan fingerprint density at radius 2 is 2.03 bits per heavy atom. The Hall–Kier alpha value is -2.07. The van der Waals surface area contributed by atoms with E-state index >= 15 is 0 Å². The number of halogens is 1. The Labute approximate surface area is 193 Å². The Morgan fingerprint density at radius 1 is 1.29 bits per heavy atom. The normalized spacial score (nSPS) is 20.0. The molecule has 3 heterocycles. The van der Waals surface area contributed by atoms with E-state index in [-0.39, 0.29) is 11.4 Å². The number of aryl methyl sites for hydroxylation is 2. The third kappa shape index (κ3) is 4.45. The number of carbonyl (C=O) groups is 2. The van der Waals surface area contributed by atoms with E-state index in [1.165, 1.54) is 11.3 Å². The fourth-order valence-corrected chi connectivity index (χ4v) is 5.37. The van der Waals surface area contributed by atoms with Crippen LogP contribution in [-0.2, 0) is 9.53 Å². The minimum atomic E-state index is -0.652. The zero-order chi connectivity index (χ0) is 22.1. The lowest BCUT2D eigenvalue weighted by Crippen LogP contribution is -2.43. The second-order valence-corrected chi connectivity index (χ2v) is 9.77. The molecular weight excluding hydrogens is 482 g/mol. The highest BCUT2D eigenvalue weighted by molar-refractivity contribution is 9.10. The van der Waals surface area contributed by atoms with Crippen LogP contribution in [0.4, 0.5) is 0 Å². The van der Waals surface area contributed by atoms with Gasteiger partial charge in [0, 0.05) is 30.7 Å². The van der Waals surface area contributed by atoms with Gasteiger partial charge in [-0.2, -0.15) is 0 Å². The van der Waals surface area contributed by atoms with Crippen LogP contribution in [0.3, 0.4) is 0 Å². The molecule has 1 aromatic carbocycles. The number of morpholine rings is 1. The molecule has 0 aliphatic carbocycles. The molecule has 1 saturated heterocycles. The fraction of sp³-hybridized carbons (Fsp3) is 0.409. The van der Waals surface area contributed by atoms with Crippen molar-refractivity contribution < 1.29 is 19.4 Å². The summed E-state index contributed by atoms with van der Waals surface area (Å²) in [6.45, 7) is 7.59. The van der Waals surface area contributed by atoms with Crippen molar-refractivity contribution in [2.75, 3.05) is 39.4 Å². The van der Waals surface area contributed by atoms with Crippen molar-refractivity contribution in [2.45, 2.75) is 19.9 Å². The number of benzene rings is 1. The number of carbonyl (C=O) groups excluding carboxylic acids is 2. The second kappa shape index (κ2) is 9.20. The summed E-state index contributed by atoms with van der Waals surface area (Å²) in [5, 5.41) is 11.6. The number of aliphatic hydroxyl groups is 1. The van der Waals surface area contributed by atoms with Crippen LogP contribution in [-0.4, -0.2) is 71.0 Å². The van der Waals surface area contributed by atoms with E-state index < -0.39 is 17.7 Å². The van der Waals surface area contributed by atoms with Crippen LogP contribution in [0, 0.1) is 13.8 Å². The number of thiazole rings is 1. The molecule has 4 rings (SSSR count). The number of Topliss-reactive ketones (excluding diaryl/α,β-unsaturated/α-hetero) is 1. The van der Waals surface area contributed by atoms with E-state index in [0.29, 0.717) is 36.9 Å². The van der Waals surface area contributed by atoms with Crippen molar-refractivity contribution in [2.24, 2.45) is 0 Å². The number of aromatic nitrogens is 1. The highest BCUT2D eigenvalue weighted by Crippen LogP contribution is 2.40. The summed E-state index contributed by atoms with van der Waals surface area (Å²) < 4.78 is 6.24. The topological polar surface area (TPSA) is 83.0 Å². The van der Waals surface area contributed by atoms with Crippen LogP contribution in [0.1, 0.15) is 32.0 Å². The molecule has 1 atom stereocenters. The molecule has 1 N–H and O–H groups in total. The van der Waals surface area contributed by atoms with Gasteiger partial charge >= 0.3 is 0 Å². The average molecular weight is 506 g/mol. The van der Waals surface area contributed by atoms with E-state index in [2.05, 4.69) is 25.8 Å². The van der Waals surface area contributed by atoms with Crippen LogP contribution in [0.2, 0.25) is 0 Å². The van der Waals surface area contributed by atoms with Crippen molar-refractivity contribution in [1.29, 1.82) is 0 Å². The third-order valence-corrected chi connectivity index (χ3v) is 7.15. The number of ketones is 1. The zero-order valence-electron chi connectivity index (χ0n) is 17.4. The Kier molecular flexibility index (Phi) is 6.57. The number of hydrogen-bond acceptors (Lipinski definition) is 7. The fourth-order valence-electron chi connectivity index (χ4n) is 4.08. The maximum Gasteiger partial charge on any atom is 0.290 e. The van der Waals surface area contributed by atoms with Gasteiger partial charge in [-0.05, 0) is 31.5 Å². The monoisotopic (exact) mass is 505 g/mol. The Balaban J connectivity index is 1.70. The Bertz CT molecular complexity index is 1050. The molecule has 2 aliphatic heterocycles. The molecule has 0 unspecified atom stereocenters. The van der Waals surface area contributed by atoms with Crippen molar-refractivity contribution in [3.8, 4) is 0 Å². The maximum atomic E-state index is 13.5.